The van der Waals surface area contributed by atoms with Crippen LogP contribution in [0.2, 0.25) is 0 Å². The van der Waals surface area contributed by atoms with Crippen molar-refractivity contribution in [3.05, 3.63) is 58.8 Å². The molecule has 2 aromatic rings. The number of cyclic esters (lactones) is 1. The molecule has 0 radical (unpaired) electrons. The number of halogens is 1. The molecule has 1 aromatic heterocycles. The monoisotopic (exact) mass is 1030 g/mol. The van der Waals surface area contributed by atoms with E-state index in [0.29, 0.717) is 31.7 Å². The average molecular weight is 1030 g/mol. The first-order valence-corrected chi connectivity index (χ1v) is 27.8. The maximum atomic E-state index is 14.7. The number of aromatic nitrogens is 1. The minimum absolute atomic E-state index is 0.0355. The fraction of sp³-hybridized carbons (Fsp3) is 0.679. The number of thiazole rings is 1. The van der Waals surface area contributed by atoms with Crippen LogP contribution in [0.3, 0.4) is 0 Å². The number of benzene rings is 1. The van der Waals surface area contributed by atoms with Crippen LogP contribution in [-0.4, -0.2) is 112 Å². The molecule has 7 rings (SSSR count). The van der Waals surface area contributed by atoms with E-state index < -0.39 is 53.1 Å². The molecule has 10 atom stereocenters. The Morgan fingerprint density at radius 2 is 1.70 bits per heavy atom. The van der Waals surface area contributed by atoms with Crippen LogP contribution in [-0.2, 0) is 35.2 Å². The summed E-state index contributed by atoms with van der Waals surface area (Å²) in [5.74, 6) is -0.637. The number of nitrogens with one attached hydrogen (secondary N) is 3. The summed E-state index contributed by atoms with van der Waals surface area (Å²) in [7, 11) is 0. The van der Waals surface area contributed by atoms with Gasteiger partial charge in [-0.05, 0) is 92.2 Å². The number of alkyl carbamates (subject to hydrolysis) is 1. The van der Waals surface area contributed by atoms with Crippen molar-refractivity contribution >= 4 is 41.1 Å². The van der Waals surface area contributed by atoms with Gasteiger partial charge in [0.05, 0.1) is 41.3 Å². The number of amides is 4. The molecule has 1 aromatic carbocycles. The average Bonchev–Trinajstić information content (AvgIpc) is 3.74. The van der Waals surface area contributed by atoms with E-state index in [4.69, 9.17) is 14.2 Å². The second-order valence-corrected chi connectivity index (χ2v) is 23.4. The van der Waals surface area contributed by atoms with E-state index in [1.54, 1.807) is 37.6 Å². The molecule has 1 saturated carbocycles. The Morgan fingerprint density at radius 3 is 2.38 bits per heavy atom. The number of β-amino-alcohol motifs (C(OH)–C–C–N with tert-alkyl or cyclic N) is 1. The second kappa shape index (κ2) is 25.1. The van der Waals surface area contributed by atoms with Gasteiger partial charge in [0.2, 0.25) is 11.8 Å². The van der Waals surface area contributed by atoms with E-state index in [0.717, 1.165) is 85.9 Å². The lowest BCUT2D eigenvalue weighted by Crippen LogP contribution is -2.59. The highest BCUT2D eigenvalue weighted by molar-refractivity contribution is 7.13. The Balaban J connectivity index is 0.814. The normalized spacial score (nSPS) is 26.8. The topological polar surface area (TPSA) is 206 Å². The first kappa shape index (κ1) is 55.9. The van der Waals surface area contributed by atoms with Crippen LogP contribution >= 0.6 is 11.3 Å². The van der Waals surface area contributed by atoms with Crippen molar-refractivity contribution in [1.82, 2.24) is 25.8 Å². The minimum atomic E-state index is -1.97. The molecule has 3 heterocycles. The molecule has 2 aliphatic heterocycles. The molecule has 3 aliphatic carbocycles. The summed E-state index contributed by atoms with van der Waals surface area (Å²) < 4.78 is 32.8. The Morgan fingerprint density at radius 1 is 0.973 bits per heavy atom. The van der Waals surface area contributed by atoms with Gasteiger partial charge < -0.3 is 45.3 Å². The first-order chi connectivity index (χ1) is 34.8. The van der Waals surface area contributed by atoms with E-state index in [-0.39, 0.29) is 86.7 Å². The largest absolute Gasteiger partial charge is 0.493 e. The lowest BCUT2D eigenvalue weighted by atomic mass is 9.65. The van der Waals surface area contributed by atoms with Crippen LogP contribution in [0.25, 0.3) is 10.4 Å². The van der Waals surface area contributed by atoms with Crippen LogP contribution in [0.1, 0.15) is 149 Å². The van der Waals surface area contributed by atoms with Crippen molar-refractivity contribution in [2.75, 3.05) is 19.7 Å². The number of nitrogens with zero attached hydrogens (tertiary/aromatic N) is 2. The highest BCUT2D eigenvalue weighted by Crippen LogP contribution is 2.45. The molecule has 17 heteroatoms. The zero-order chi connectivity index (χ0) is 52.5. The molecular formula is C56H80FN5O10S. The fourth-order valence-corrected chi connectivity index (χ4v) is 11.9. The van der Waals surface area contributed by atoms with Gasteiger partial charge in [-0.15, -0.1) is 11.3 Å². The van der Waals surface area contributed by atoms with Gasteiger partial charge in [0.1, 0.15) is 30.0 Å². The van der Waals surface area contributed by atoms with Crippen molar-refractivity contribution in [1.29, 1.82) is 0 Å². The highest BCUT2D eigenvalue weighted by Gasteiger charge is 2.53. The van der Waals surface area contributed by atoms with Crippen molar-refractivity contribution in [2.24, 2.45) is 29.1 Å². The molecule has 73 heavy (non-hydrogen) atoms. The number of hydrogen-bond donors (Lipinski definition) is 5. The number of allylic oxidation sites excluding steroid dienone is 3. The number of esters is 1. The summed E-state index contributed by atoms with van der Waals surface area (Å²) in [5, 5.41) is 29.4. The van der Waals surface area contributed by atoms with Crippen molar-refractivity contribution < 1.29 is 52.8 Å². The number of unbranched alkanes of at least 4 members (excludes halogenated alkanes) is 7. The lowest BCUT2D eigenvalue weighted by molar-refractivity contribution is -0.160. The molecule has 5 aliphatic rings. The SMILES string of the molecule is Cc1ncsc1-c1ccc(CNC(=O)[C@@H]2C[C@@H](O)CN2C(=O)[C@@H](NC(=O)C2(F)CC2)C(C)(C)C)c(OCCCCCCCCCCNC(=O)O[C@H]2C[C@@H](C)C=C3C=C[C@H](C)[C@H](CC[C@@H]4C[C@@H](O)CC(=O)O4)[C@H]32)c1. The number of fused-ring (bicyclic) bond motifs is 1. The number of carbonyl (C=O) groups excluding carboxylic acids is 5. The molecule has 4 amide bonds. The Hall–Kier alpha value is -4.87. The number of rotatable bonds is 23. The number of aliphatic hydroxyl groups excluding tert-OH is 2. The third kappa shape index (κ3) is 15.1. The Bertz CT molecular complexity index is 2310. The first-order valence-electron chi connectivity index (χ1n) is 26.9. The number of aryl methyl sites for hydroxylation is 1. The molecule has 15 nitrogen and oxygen atoms in total. The predicted octanol–water partition coefficient (Wildman–Crippen LogP) is 8.58. The fourth-order valence-electron chi connectivity index (χ4n) is 11.1. The molecule has 5 N–H and O–H groups in total. The van der Waals surface area contributed by atoms with Crippen LogP contribution in [0.4, 0.5) is 9.18 Å². The molecule has 0 unspecified atom stereocenters. The molecule has 2 saturated heterocycles. The second-order valence-electron chi connectivity index (χ2n) is 22.6. The van der Waals surface area contributed by atoms with E-state index >= 15 is 0 Å². The summed E-state index contributed by atoms with van der Waals surface area (Å²) in [5.41, 5.74) is 2.90. The van der Waals surface area contributed by atoms with Gasteiger partial charge in [0.25, 0.3) is 5.91 Å². The molecular weight excluding hydrogens is 954 g/mol. The minimum Gasteiger partial charge on any atom is -0.493 e. The smallest absolute Gasteiger partial charge is 0.407 e. The van der Waals surface area contributed by atoms with E-state index in [9.17, 15) is 38.6 Å². The zero-order valence-corrected chi connectivity index (χ0v) is 44.6. The van der Waals surface area contributed by atoms with Gasteiger partial charge in [-0.2, -0.15) is 0 Å². The lowest BCUT2D eigenvalue weighted by Gasteiger charge is -2.43. The summed E-state index contributed by atoms with van der Waals surface area (Å²) in [6.07, 6.45) is 15.3. The zero-order valence-electron chi connectivity index (χ0n) is 43.8. The van der Waals surface area contributed by atoms with E-state index in [1.165, 1.54) is 10.5 Å². The Kier molecular flexibility index (Phi) is 19.2. The number of likely N-dealkylation sites (tertiary alicyclic amines) is 1. The predicted molar refractivity (Wildman–Crippen MR) is 277 cm³/mol. The molecule has 3 fully saturated rings. The van der Waals surface area contributed by atoms with Crippen molar-refractivity contribution in [3.8, 4) is 16.2 Å². The highest BCUT2D eigenvalue weighted by atomic mass is 32.1. The maximum absolute atomic E-state index is 14.7. The summed E-state index contributed by atoms with van der Waals surface area (Å²) >= 11 is 1.54. The van der Waals surface area contributed by atoms with Gasteiger partial charge in [-0.1, -0.05) is 104 Å². The van der Waals surface area contributed by atoms with Gasteiger partial charge >= 0.3 is 12.1 Å². The molecule has 0 bridgehead atoms. The summed E-state index contributed by atoms with van der Waals surface area (Å²) in [6.45, 7) is 12.7. The number of hydrogen-bond acceptors (Lipinski definition) is 12. The third-order valence-electron chi connectivity index (χ3n) is 15.4. The maximum Gasteiger partial charge on any atom is 0.407 e. The van der Waals surface area contributed by atoms with Crippen LogP contribution < -0.4 is 20.7 Å². The van der Waals surface area contributed by atoms with Crippen LogP contribution in [0.5, 0.6) is 5.75 Å². The van der Waals surface area contributed by atoms with Gasteiger partial charge in [-0.3, -0.25) is 19.2 Å². The summed E-state index contributed by atoms with van der Waals surface area (Å²) in [4.78, 5) is 72.3. The number of carbonyl (C=O) groups is 5. The number of ether oxygens (including phenoxy) is 3. The molecule has 0 spiro atoms. The standard InChI is InChI=1S/C56H80FN5O10S/c1-34-25-37-16-15-35(2)43(20-19-42-28-40(63)30-47(65)71-42)48(37)46(26-34)72-54(69)58-23-13-11-9-7-8-10-12-14-24-70-45-27-38(49-36(3)60-33-73-49)17-18-39(45)31-59-51(66)44-29-41(64)32-62(44)52(67)50(55(4,5)6)61-53(68)56(57)21-22-56/h15-18,25,27,33-35,40-44,46,48,50,63-64H,7-14,19-24,26,28-32H2,1-6H3,(H,58,69)(H,59,66)(H,61,68)/t34-,35-,40+,41+,42+,43-,44-,46-,48-,50+/m0/s1. The molecule has 402 valence electrons. The van der Waals surface area contributed by atoms with Gasteiger partial charge in [0.15, 0.2) is 5.67 Å². The van der Waals surface area contributed by atoms with Crippen LogP contribution in [0.15, 0.2) is 47.5 Å². The quantitative estimate of drug-likeness (QED) is 0.0527. The van der Waals surface area contributed by atoms with E-state index in [1.807, 2.05) is 25.1 Å². The summed E-state index contributed by atoms with van der Waals surface area (Å²) in [6, 6.07) is 3.81. The third-order valence-corrected chi connectivity index (χ3v) is 16.4. The van der Waals surface area contributed by atoms with Crippen molar-refractivity contribution in [2.45, 2.75) is 193 Å². The van der Waals surface area contributed by atoms with E-state index in [2.05, 4.69) is 53.0 Å². The van der Waals surface area contributed by atoms with Crippen molar-refractivity contribution in [3.63, 3.8) is 0 Å². The number of aliphatic hydroxyl groups is 2. The Labute approximate surface area is 434 Å². The van der Waals surface area contributed by atoms with Crippen LogP contribution in [0, 0.1) is 36.0 Å². The number of alkyl halides is 1. The van der Waals surface area contributed by atoms with Gasteiger partial charge in [-0.25, -0.2) is 14.2 Å². The van der Waals surface area contributed by atoms with Gasteiger partial charge in [0, 0.05) is 44.0 Å².